The minimum atomic E-state index is -0.446. The zero-order chi connectivity index (χ0) is 14.1. The fourth-order valence-corrected chi connectivity index (χ4v) is 3.79. The molecule has 4 heteroatoms. The van der Waals surface area contributed by atoms with Gasteiger partial charge in [0.1, 0.15) is 5.60 Å². The Morgan fingerprint density at radius 1 is 1.21 bits per heavy atom. The van der Waals surface area contributed by atoms with Crippen LogP contribution in [0.1, 0.15) is 59.3 Å². The Morgan fingerprint density at radius 3 is 2.47 bits per heavy atom. The molecule has 0 aromatic heterocycles. The lowest BCUT2D eigenvalue weighted by Gasteiger charge is -2.38. The minimum absolute atomic E-state index is 0.133. The highest BCUT2D eigenvalue weighted by Crippen LogP contribution is 2.57. The van der Waals surface area contributed by atoms with Crippen molar-refractivity contribution in [1.82, 2.24) is 5.32 Å². The maximum absolute atomic E-state index is 11.7. The second kappa shape index (κ2) is 4.97. The van der Waals surface area contributed by atoms with Crippen molar-refractivity contribution in [3.63, 3.8) is 0 Å². The van der Waals surface area contributed by atoms with Crippen LogP contribution in [-0.2, 0) is 4.74 Å². The summed E-state index contributed by atoms with van der Waals surface area (Å²) in [4.78, 5) is 11.7. The molecule has 2 rings (SSSR count). The number of alkyl carbamates (subject to hydrolysis) is 1. The smallest absolute Gasteiger partial charge is 0.407 e. The summed E-state index contributed by atoms with van der Waals surface area (Å²) in [5.74, 6) is 0. The Balaban J connectivity index is 1.88. The Kier molecular flexibility index (Phi) is 3.83. The van der Waals surface area contributed by atoms with Crippen molar-refractivity contribution < 1.29 is 14.6 Å². The molecule has 2 atom stereocenters. The van der Waals surface area contributed by atoms with Gasteiger partial charge in [-0.15, -0.1) is 0 Å². The van der Waals surface area contributed by atoms with E-state index >= 15 is 0 Å². The molecule has 2 saturated carbocycles. The molecule has 2 unspecified atom stereocenters. The second-order valence-corrected chi connectivity index (χ2v) is 7.54. The van der Waals surface area contributed by atoms with Gasteiger partial charge >= 0.3 is 6.09 Å². The molecule has 2 aliphatic carbocycles. The van der Waals surface area contributed by atoms with E-state index in [-0.39, 0.29) is 16.9 Å². The number of hydrogen-bond donors (Lipinski definition) is 2. The molecular formula is C15H27NO3. The van der Waals surface area contributed by atoms with Crippen LogP contribution in [0.5, 0.6) is 0 Å². The fourth-order valence-electron chi connectivity index (χ4n) is 3.79. The van der Waals surface area contributed by atoms with Crippen LogP contribution in [-0.4, -0.2) is 30.0 Å². The number of aliphatic hydroxyl groups excluding tert-OH is 1. The molecule has 0 aliphatic heterocycles. The Hall–Kier alpha value is -0.770. The number of rotatable bonds is 3. The van der Waals surface area contributed by atoms with Crippen molar-refractivity contribution in [3.8, 4) is 0 Å². The van der Waals surface area contributed by atoms with Crippen molar-refractivity contribution in [2.75, 3.05) is 13.2 Å². The lowest BCUT2D eigenvalue weighted by molar-refractivity contribution is 0.0436. The highest BCUT2D eigenvalue weighted by Gasteiger charge is 2.50. The first-order valence-electron chi connectivity index (χ1n) is 7.36. The molecule has 2 aliphatic rings. The van der Waals surface area contributed by atoms with Crippen LogP contribution in [0.2, 0.25) is 0 Å². The van der Waals surface area contributed by atoms with Gasteiger partial charge < -0.3 is 15.2 Å². The maximum atomic E-state index is 11.7. The van der Waals surface area contributed by atoms with E-state index in [9.17, 15) is 9.90 Å². The van der Waals surface area contributed by atoms with Gasteiger partial charge in [0.25, 0.3) is 0 Å². The van der Waals surface area contributed by atoms with E-state index in [4.69, 9.17) is 4.74 Å². The van der Waals surface area contributed by atoms with Crippen LogP contribution in [0, 0.1) is 10.8 Å². The zero-order valence-corrected chi connectivity index (χ0v) is 12.4. The van der Waals surface area contributed by atoms with E-state index in [1.54, 1.807) is 0 Å². The molecule has 0 aromatic rings. The Labute approximate surface area is 115 Å². The topological polar surface area (TPSA) is 58.6 Å². The summed E-state index contributed by atoms with van der Waals surface area (Å²) >= 11 is 0. The van der Waals surface area contributed by atoms with Gasteiger partial charge in [-0.2, -0.15) is 0 Å². The third kappa shape index (κ3) is 3.41. The summed E-state index contributed by atoms with van der Waals surface area (Å²) in [6.07, 6.45) is 6.39. The van der Waals surface area contributed by atoms with E-state index in [1.165, 1.54) is 0 Å². The number of hydrogen-bond acceptors (Lipinski definition) is 3. The number of ether oxygens (including phenoxy) is 1. The first-order chi connectivity index (χ1) is 8.78. The second-order valence-electron chi connectivity index (χ2n) is 7.54. The van der Waals surface area contributed by atoms with Gasteiger partial charge in [0.05, 0.1) is 0 Å². The molecule has 0 heterocycles. The molecule has 110 valence electrons. The molecule has 0 spiro atoms. The lowest BCUT2D eigenvalue weighted by atomic mass is 9.69. The minimum Gasteiger partial charge on any atom is -0.444 e. The van der Waals surface area contributed by atoms with Gasteiger partial charge in [0.15, 0.2) is 0 Å². The van der Waals surface area contributed by atoms with Gasteiger partial charge in [0.2, 0.25) is 0 Å². The summed E-state index contributed by atoms with van der Waals surface area (Å²) in [5, 5.41) is 12.5. The normalized spacial score (nSPS) is 34.1. The molecule has 2 fully saturated rings. The van der Waals surface area contributed by atoms with Gasteiger partial charge in [-0.25, -0.2) is 4.79 Å². The summed E-state index contributed by atoms with van der Waals surface area (Å²) in [5.41, 5.74) is -0.120. The summed E-state index contributed by atoms with van der Waals surface area (Å²) in [7, 11) is 0. The van der Waals surface area contributed by atoms with Gasteiger partial charge in [-0.05, 0) is 63.7 Å². The SMILES string of the molecule is CC(C)(C)OC(=O)NCC12CCCC(CO)(CC1)C2. The lowest BCUT2D eigenvalue weighted by Crippen LogP contribution is -2.41. The monoisotopic (exact) mass is 269 g/mol. The number of nitrogens with one attached hydrogen (secondary N) is 1. The highest BCUT2D eigenvalue weighted by molar-refractivity contribution is 5.67. The van der Waals surface area contributed by atoms with Crippen LogP contribution < -0.4 is 5.32 Å². The van der Waals surface area contributed by atoms with E-state index in [1.807, 2.05) is 20.8 Å². The molecule has 0 radical (unpaired) electrons. The van der Waals surface area contributed by atoms with Crippen molar-refractivity contribution in [1.29, 1.82) is 0 Å². The Bertz CT molecular complexity index is 350. The number of amides is 1. The van der Waals surface area contributed by atoms with Crippen molar-refractivity contribution in [2.24, 2.45) is 10.8 Å². The molecule has 0 aromatic carbocycles. The molecule has 0 saturated heterocycles. The summed E-state index contributed by atoms with van der Waals surface area (Å²) in [6, 6.07) is 0. The van der Waals surface area contributed by atoms with Gasteiger partial charge in [-0.3, -0.25) is 0 Å². The summed E-state index contributed by atoms with van der Waals surface area (Å²) < 4.78 is 5.28. The number of fused-ring (bicyclic) bond motifs is 2. The largest absolute Gasteiger partial charge is 0.444 e. The molecule has 2 bridgehead atoms. The van der Waals surface area contributed by atoms with Crippen LogP contribution in [0.25, 0.3) is 0 Å². The highest BCUT2D eigenvalue weighted by atomic mass is 16.6. The van der Waals surface area contributed by atoms with E-state index < -0.39 is 5.60 Å². The van der Waals surface area contributed by atoms with Crippen molar-refractivity contribution >= 4 is 6.09 Å². The van der Waals surface area contributed by atoms with Crippen molar-refractivity contribution in [2.45, 2.75) is 64.9 Å². The van der Waals surface area contributed by atoms with Gasteiger partial charge in [-0.1, -0.05) is 6.42 Å². The predicted octanol–water partition coefficient (Wildman–Crippen LogP) is 2.84. The predicted molar refractivity (Wildman–Crippen MR) is 73.9 cm³/mol. The van der Waals surface area contributed by atoms with Gasteiger partial charge in [0, 0.05) is 13.2 Å². The first-order valence-corrected chi connectivity index (χ1v) is 7.36. The molecular weight excluding hydrogens is 242 g/mol. The number of carbonyl (C=O) groups is 1. The summed E-state index contributed by atoms with van der Waals surface area (Å²) in [6.45, 7) is 6.60. The third-order valence-corrected chi connectivity index (χ3v) is 4.69. The standard InChI is InChI=1S/C15H27NO3/c1-13(2,3)19-12(18)16-10-14-5-4-6-15(9-14,11-17)8-7-14/h17H,4-11H2,1-3H3,(H,16,18). The average molecular weight is 269 g/mol. The zero-order valence-electron chi connectivity index (χ0n) is 12.4. The molecule has 2 N–H and O–H groups in total. The number of carbonyl (C=O) groups excluding carboxylic acids is 1. The Morgan fingerprint density at radius 2 is 1.84 bits per heavy atom. The fraction of sp³-hybridized carbons (Fsp3) is 0.933. The van der Waals surface area contributed by atoms with Crippen LogP contribution in [0.4, 0.5) is 4.79 Å². The van der Waals surface area contributed by atoms with Crippen LogP contribution in [0.15, 0.2) is 0 Å². The third-order valence-electron chi connectivity index (χ3n) is 4.69. The quantitative estimate of drug-likeness (QED) is 0.828. The van der Waals surface area contributed by atoms with E-state index in [0.29, 0.717) is 13.2 Å². The molecule has 19 heavy (non-hydrogen) atoms. The first kappa shape index (κ1) is 14.6. The number of aliphatic hydroxyl groups is 1. The van der Waals surface area contributed by atoms with Crippen LogP contribution >= 0.6 is 0 Å². The van der Waals surface area contributed by atoms with Crippen LogP contribution in [0.3, 0.4) is 0 Å². The maximum Gasteiger partial charge on any atom is 0.407 e. The molecule has 4 nitrogen and oxygen atoms in total. The average Bonchev–Trinajstić information content (AvgIpc) is 2.58. The van der Waals surface area contributed by atoms with E-state index in [2.05, 4.69) is 5.32 Å². The van der Waals surface area contributed by atoms with Crippen molar-refractivity contribution in [3.05, 3.63) is 0 Å². The van der Waals surface area contributed by atoms with E-state index in [0.717, 1.165) is 38.5 Å². The molecule has 1 amide bonds.